The van der Waals surface area contributed by atoms with E-state index in [9.17, 15) is 14.7 Å². The maximum Gasteiger partial charge on any atom is 0.316 e. The van der Waals surface area contributed by atoms with Gasteiger partial charge >= 0.3 is 11.9 Å². The predicted octanol–water partition coefficient (Wildman–Crippen LogP) is 6.21. The highest BCUT2D eigenvalue weighted by molar-refractivity contribution is 9.09. The van der Waals surface area contributed by atoms with E-state index in [1.54, 1.807) is 0 Å². The van der Waals surface area contributed by atoms with Gasteiger partial charge in [-0.2, -0.15) is 0 Å². The fourth-order valence-electron chi connectivity index (χ4n) is 6.33. The van der Waals surface area contributed by atoms with Crippen molar-refractivity contribution in [1.29, 1.82) is 0 Å². The lowest BCUT2D eigenvalue weighted by atomic mass is 9.61. The van der Waals surface area contributed by atoms with Gasteiger partial charge in [0.2, 0.25) is 0 Å². The number of ether oxygens (including phenoxy) is 1. The summed E-state index contributed by atoms with van der Waals surface area (Å²) in [7, 11) is 0. The van der Waals surface area contributed by atoms with Crippen molar-refractivity contribution in [3.8, 4) is 0 Å². The number of carbonyl (C=O) groups excluding carboxylic acids is 1. The molecule has 3 aliphatic carbocycles. The second kappa shape index (κ2) is 9.84. The summed E-state index contributed by atoms with van der Waals surface area (Å²) in [6, 6.07) is 0. The van der Waals surface area contributed by atoms with Gasteiger partial charge in [0.1, 0.15) is 11.4 Å². The SMILES string of the molecule is C=C1CC[C@H](OC(=O)CBr)C/C1=C/C=C1\CCC[C@@]2(C)C1CC[C@@H]2[C@H](C)CC(=O)O. The Bertz CT molecular complexity index is 752. The Morgan fingerprint density at radius 1 is 1.30 bits per heavy atom. The molecule has 0 saturated heterocycles. The largest absolute Gasteiger partial charge is 0.481 e. The van der Waals surface area contributed by atoms with E-state index >= 15 is 0 Å². The minimum Gasteiger partial charge on any atom is -0.481 e. The molecule has 166 valence electrons. The molecule has 1 N–H and O–H groups in total. The zero-order chi connectivity index (χ0) is 21.9. The first-order valence-corrected chi connectivity index (χ1v) is 12.4. The Labute approximate surface area is 189 Å². The molecule has 0 spiro atoms. The minimum atomic E-state index is -0.683. The molecule has 0 bridgehead atoms. The highest BCUT2D eigenvalue weighted by Crippen LogP contribution is 2.59. The number of allylic oxidation sites excluding steroid dienone is 4. The fourth-order valence-corrected chi connectivity index (χ4v) is 6.46. The average molecular weight is 479 g/mol. The van der Waals surface area contributed by atoms with Crippen molar-refractivity contribution in [2.45, 2.75) is 77.7 Å². The summed E-state index contributed by atoms with van der Waals surface area (Å²) < 4.78 is 5.53. The third kappa shape index (κ3) is 5.09. The molecule has 0 aromatic heterocycles. The molecule has 30 heavy (non-hydrogen) atoms. The van der Waals surface area contributed by atoms with Crippen molar-refractivity contribution in [2.24, 2.45) is 23.2 Å². The van der Waals surface area contributed by atoms with Crippen molar-refractivity contribution in [3.63, 3.8) is 0 Å². The maximum atomic E-state index is 11.6. The van der Waals surface area contributed by atoms with E-state index in [1.807, 2.05) is 0 Å². The number of carboxylic acid groups (broad SMARTS) is 1. The van der Waals surface area contributed by atoms with E-state index in [1.165, 1.54) is 24.0 Å². The molecule has 1 unspecified atom stereocenters. The van der Waals surface area contributed by atoms with E-state index < -0.39 is 5.97 Å². The first-order chi connectivity index (χ1) is 14.2. The lowest BCUT2D eigenvalue weighted by Crippen LogP contribution is -2.36. The quantitative estimate of drug-likeness (QED) is 0.363. The lowest BCUT2D eigenvalue weighted by Gasteiger charge is -2.44. The standard InChI is InChI=1S/C25H35BrO4/c1-16-6-9-20(30-24(29)15-26)14-19(16)8-7-18-5-4-12-25(3)21(10-11-22(18)25)17(2)13-23(27)28/h7-8,17,20-22H,1,4-6,9-15H2,2-3H3,(H,27,28)/b18-7+,19-8-/t17-,20+,21-,22?,25-/m1/s1. The molecule has 3 aliphatic rings. The van der Waals surface area contributed by atoms with Crippen LogP contribution >= 0.6 is 15.9 Å². The fraction of sp³-hybridized carbons (Fsp3) is 0.680. The highest BCUT2D eigenvalue weighted by atomic mass is 79.9. The third-order valence-electron chi connectivity index (χ3n) is 7.80. The monoisotopic (exact) mass is 478 g/mol. The number of halogens is 1. The lowest BCUT2D eigenvalue weighted by molar-refractivity contribution is -0.146. The Morgan fingerprint density at radius 3 is 2.77 bits per heavy atom. The van der Waals surface area contributed by atoms with Crippen LogP contribution in [0.3, 0.4) is 0 Å². The van der Waals surface area contributed by atoms with Crippen LogP contribution in [-0.4, -0.2) is 28.5 Å². The summed E-state index contributed by atoms with van der Waals surface area (Å²) in [6.07, 6.45) is 12.9. The van der Waals surface area contributed by atoms with Gasteiger partial charge in [-0.1, -0.05) is 59.7 Å². The molecule has 4 nitrogen and oxygen atoms in total. The van der Waals surface area contributed by atoms with E-state index in [2.05, 4.69) is 48.5 Å². The Kier molecular flexibility index (Phi) is 7.65. The second-order valence-corrected chi connectivity index (χ2v) is 10.3. The van der Waals surface area contributed by atoms with Crippen LogP contribution in [-0.2, 0) is 14.3 Å². The molecule has 0 aromatic carbocycles. The number of rotatable bonds is 6. The summed E-state index contributed by atoms with van der Waals surface area (Å²) in [5, 5.41) is 9.49. The van der Waals surface area contributed by atoms with Crippen molar-refractivity contribution >= 4 is 27.9 Å². The van der Waals surface area contributed by atoms with Crippen molar-refractivity contribution in [3.05, 3.63) is 35.5 Å². The Morgan fingerprint density at radius 2 is 2.07 bits per heavy atom. The topological polar surface area (TPSA) is 63.6 Å². The second-order valence-electron chi connectivity index (χ2n) is 9.70. The first kappa shape index (κ1) is 23.3. The molecule has 3 rings (SSSR count). The molecule has 5 atom stereocenters. The van der Waals surface area contributed by atoms with Crippen LogP contribution in [0.5, 0.6) is 0 Å². The van der Waals surface area contributed by atoms with Crippen LogP contribution in [0.2, 0.25) is 0 Å². The minimum absolute atomic E-state index is 0.0606. The Balaban J connectivity index is 1.74. The van der Waals surface area contributed by atoms with Crippen LogP contribution in [0.4, 0.5) is 0 Å². The van der Waals surface area contributed by atoms with Crippen LogP contribution in [0, 0.1) is 23.2 Å². The van der Waals surface area contributed by atoms with Gasteiger partial charge in [0, 0.05) is 12.8 Å². The van der Waals surface area contributed by atoms with Gasteiger partial charge in [0.05, 0.1) is 0 Å². The van der Waals surface area contributed by atoms with E-state index in [0.29, 0.717) is 11.8 Å². The highest BCUT2D eigenvalue weighted by Gasteiger charge is 2.50. The number of carboxylic acids is 1. The molecule has 3 fully saturated rings. The number of alkyl halides is 1. The summed E-state index contributed by atoms with van der Waals surface area (Å²) in [5.41, 5.74) is 4.06. The maximum absolute atomic E-state index is 11.6. The van der Waals surface area contributed by atoms with Crippen molar-refractivity contribution in [2.75, 3.05) is 5.33 Å². The van der Waals surface area contributed by atoms with Crippen molar-refractivity contribution in [1.82, 2.24) is 0 Å². The van der Waals surface area contributed by atoms with E-state index in [-0.39, 0.29) is 35.2 Å². The van der Waals surface area contributed by atoms with Gasteiger partial charge in [0.15, 0.2) is 0 Å². The number of esters is 1. The third-order valence-corrected chi connectivity index (χ3v) is 8.25. The number of hydrogen-bond donors (Lipinski definition) is 1. The molecule has 0 radical (unpaired) electrons. The molecule has 3 saturated carbocycles. The number of hydrogen-bond acceptors (Lipinski definition) is 3. The molecule has 0 aromatic rings. The molecule has 0 aliphatic heterocycles. The number of aliphatic carboxylic acids is 1. The zero-order valence-corrected chi connectivity index (χ0v) is 19.9. The first-order valence-electron chi connectivity index (χ1n) is 11.3. The van der Waals surface area contributed by atoms with Crippen LogP contribution in [0.25, 0.3) is 0 Å². The summed E-state index contributed by atoms with van der Waals surface area (Å²) in [4.78, 5) is 22.9. The van der Waals surface area contributed by atoms with Gasteiger partial charge in [-0.15, -0.1) is 0 Å². The smallest absolute Gasteiger partial charge is 0.316 e. The molecular weight excluding hydrogens is 444 g/mol. The zero-order valence-electron chi connectivity index (χ0n) is 18.3. The Hall–Kier alpha value is -1.36. The predicted molar refractivity (Wildman–Crippen MR) is 122 cm³/mol. The normalized spacial score (nSPS) is 35.3. The van der Waals surface area contributed by atoms with Crippen LogP contribution < -0.4 is 0 Å². The summed E-state index contributed by atoms with van der Waals surface area (Å²) in [5.74, 6) is 0.353. The van der Waals surface area contributed by atoms with Gasteiger partial charge in [-0.05, 0) is 73.7 Å². The van der Waals surface area contributed by atoms with Gasteiger partial charge in [-0.25, -0.2) is 0 Å². The summed E-state index contributed by atoms with van der Waals surface area (Å²) in [6.45, 7) is 8.74. The average Bonchev–Trinajstić information content (AvgIpc) is 3.05. The van der Waals surface area contributed by atoms with Crippen molar-refractivity contribution < 1.29 is 19.4 Å². The number of fused-ring (bicyclic) bond motifs is 1. The van der Waals surface area contributed by atoms with Gasteiger partial charge in [-0.3, -0.25) is 9.59 Å². The molecular formula is C25H35BrO4. The molecule has 0 heterocycles. The van der Waals surface area contributed by atoms with Crippen LogP contribution in [0.1, 0.15) is 71.6 Å². The molecule has 0 amide bonds. The van der Waals surface area contributed by atoms with Gasteiger partial charge in [0.25, 0.3) is 0 Å². The van der Waals surface area contributed by atoms with E-state index in [4.69, 9.17) is 4.74 Å². The van der Waals surface area contributed by atoms with Gasteiger partial charge < -0.3 is 9.84 Å². The number of carbonyl (C=O) groups is 2. The van der Waals surface area contributed by atoms with E-state index in [0.717, 1.165) is 44.1 Å². The summed E-state index contributed by atoms with van der Waals surface area (Å²) >= 11 is 3.16. The molecule has 5 heteroatoms. The van der Waals surface area contributed by atoms with Crippen LogP contribution in [0.15, 0.2) is 35.5 Å².